The maximum atomic E-state index is 12.1. The van der Waals surface area contributed by atoms with E-state index in [4.69, 9.17) is 14.2 Å². The van der Waals surface area contributed by atoms with E-state index >= 15 is 0 Å². The first-order valence-electron chi connectivity index (χ1n) is 7.79. The van der Waals surface area contributed by atoms with Gasteiger partial charge in [0.1, 0.15) is 11.6 Å². The minimum Gasteiger partial charge on any atom is -0.454 e. The Morgan fingerprint density at radius 2 is 2.04 bits per heavy atom. The molecule has 1 aliphatic heterocycles. The fraction of sp³-hybridized carbons (Fsp3) is 0.105. The highest BCUT2D eigenvalue weighted by atomic mass is 79.9. The van der Waals surface area contributed by atoms with Crippen molar-refractivity contribution in [2.75, 3.05) is 18.7 Å². The molecule has 0 spiro atoms. The van der Waals surface area contributed by atoms with Gasteiger partial charge in [0.25, 0.3) is 5.91 Å². The number of fused-ring (bicyclic) bond motifs is 1. The first kappa shape index (κ1) is 18.5. The van der Waals surface area contributed by atoms with Crippen LogP contribution in [0.5, 0.6) is 11.5 Å². The smallest absolute Gasteiger partial charge is 0.349 e. The number of amides is 1. The van der Waals surface area contributed by atoms with E-state index in [1.807, 2.05) is 6.07 Å². The molecule has 1 amide bonds. The molecule has 0 fully saturated rings. The predicted molar refractivity (Wildman–Crippen MR) is 99.9 cm³/mol. The van der Waals surface area contributed by atoms with Gasteiger partial charge in [-0.3, -0.25) is 4.79 Å². The molecule has 0 radical (unpaired) electrons. The lowest BCUT2D eigenvalue weighted by molar-refractivity contribution is -0.142. The van der Waals surface area contributed by atoms with Crippen LogP contribution in [0.1, 0.15) is 5.56 Å². The number of esters is 1. The van der Waals surface area contributed by atoms with Crippen LogP contribution in [0.25, 0.3) is 6.08 Å². The van der Waals surface area contributed by atoms with Crippen LogP contribution in [-0.4, -0.2) is 25.3 Å². The van der Waals surface area contributed by atoms with Crippen LogP contribution in [0.2, 0.25) is 0 Å². The summed E-state index contributed by atoms with van der Waals surface area (Å²) in [6, 6.07) is 13.8. The van der Waals surface area contributed by atoms with Gasteiger partial charge in [-0.25, -0.2) is 4.79 Å². The second kappa shape index (κ2) is 8.38. The summed E-state index contributed by atoms with van der Waals surface area (Å²) in [6.45, 7) is -0.381. The summed E-state index contributed by atoms with van der Waals surface area (Å²) in [7, 11) is 0. The Hall–Kier alpha value is -3.31. The zero-order valence-corrected chi connectivity index (χ0v) is 15.5. The molecule has 136 valence electrons. The number of rotatable bonds is 5. The second-order valence-electron chi connectivity index (χ2n) is 5.42. The molecule has 27 heavy (non-hydrogen) atoms. The molecule has 0 atom stereocenters. The average molecular weight is 429 g/mol. The standard InChI is InChI=1S/C19H13BrN2O5/c20-14-2-1-3-15(8-14)22-18(23)10-25-19(24)13(9-21)6-12-4-5-16-17(7-12)27-11-26-16/h1-8H,10-11H2,(H,22,23)/b13-6+. The Morgan fingerprint density at radius 1 is 1.22 bits per heavy atom. The van der Waals surface area contributed by atoms with Gasteiger partial charge < -0.3 is 19.5 Å². The molecule has 1 heterocycles. The molecule has 0 bridgehead atoms. The SMILES string of the molecule is N#C/C(=C\c1ccc2c(c1)OCO2)C(=O)OCC(=O)Nc1cccc(Br)c1. The van der Waals surface area contributed by atoms with Crippen molar-refractivity contribution in [2.24, 2.45) is 0 Å². The normalized spacial score (nSPS) is 12.2. The summed E-state index contributed by atoms with van der Waals surface area (Å²) in [5, 5.41) is 11.8. The predicted octanol–water partition coefficient (Wildman–Crippen LogP) is 3.27. The number of anilines is 1. The second-order valence-corrected chi connectivity index (χ2v) is 6.33. The maximum Gasteiger partial charge on any atom is 0.349 e. The maximum absolute atomic E-state index is 12.1. The van der Waals surface area contributed by atoms with Gasteiger partial charge in [0, 0.05) is 10.2 Å². The van der Waals surface area contributed by atoms with E-state index in [0.717, 1.165) is 4.47 Å². The lowest BCUT2D eigenvalue weighted by atomic mass is 10.1. The molecule has 2 aromatic rings. The van der Waals surface area contributed by atoms with Crippen molar-refractivity contribution in [2.45, 2.75) is 0 Å². The van der Waals surface area contributed by atoms with Gasteiger partial charge in [-0.05, 0) is 42.0 Å². The third-order valence-electron chi connectivity index (χ3n) is 3.49. The van der Waals surface area contributed by atoms with Crippen molar-refractivity contribution in [3.63, 3.8) is 0 Å². The van der Waals surface area contributed by atoms with Crippen LogP contribution in [0.15, 0.2) is 52.5 Å². The average Bonchev–Trinajstić information content (AvgIpc) is 3.12. The number of carbonyl (C=O) groups is 2. The van der Waals surface area contributed by atoms with E-state index in [9.17, 15) is 14.9 Å². The topological polar surface area (TPSA) is 97.7 Å². The van der Waals surface area contributed by atoms with Gasteiger partial charge in [0.2, 0.25) is 6.79 Å². The quantitative estimate of drug-likeness (QED) is 0.445. The molecule has 1 aliphatic rings. The number of carbonyl (C=O) groups excluding carboxylic acids is 2. The fourth-order valence-corrected chi connectivity index (χ4v) is 2.68. The molecule has 8 heteroatoms. The number of halogens is 1. The summed E-state index contributed by atoms with van der Waals surface area (Å²) < 4.78 is 16.2. The van der Waals surface area contributed by atoms with Crippen molar-refractivity contribution in [1.29, 1.82) is 5.26 Å². The minimum atomic E-state index is -0.889. The van der Waals surface area contributed by atoms with Gasteiger partial charge >= 0.3 is 5.97 Å². The van der Waals surface area contributed by atoms with Crippen molar-refractivity contribution < 1.29 is 23.8 Å². The number of nitrogens with zero attached hydrogens (tertiary/aromatic N) is 1. The number of ether oxygens (including phenoxy) is 3. The molecule has 1 N–H and O–H groups in total. The van der Waals surface area contributed by atoms with E-state index < -0.39 is 18.5 Å². The summed E-state index contributed by atoms with van der Waals surface area (Å²) in [6.07, 6.45) is 1.36. The Bertz CT molecular complexity index is 965. The number of nitrogens with one attached hydrogen (secondary N) is 1. The van der Waals surface area contributed by atoms with Crippen LogP contribution in [-0.2, 0) is 14.3 Å². The van der Waals surface area contributed by atoms with E-state index in [1.165, 1.54) is 6.08 Å². The monoisotopic (exact) mass is 428 g/mol. The van der Waals surface area contributed by atoms with Crippen LogP contribution < -0.4 is 14.8 Å². The zero-order valence-electron chi connectivity index (χ0n) is 13.9. The zero-order chi connectivity index (χ0) is 19.2. The highest BCUT2D eigenvalue weighted by Crippen LogP contribution is 2.33. The first-order chi connectivity index (χ1) is 13.0. The Labute approximate surface area is 163 Å². The molecule has 0 saturated carbocycles. The summed E-state index contributed by atoms with van der Waals surface area (Å²) >= 11 is 3.30. The Kier molecular flexibility index (Phi) is 5.74. The number of hydrogen-bond donors (Lipinski definition) is 1. The highest BCUT2D eigenvalue weighted by molar-refractivity contribution is 9.10. The molecule has 0 saturated heterocycles. The van der Waals surface area contributed by atoms with E-state index in [2.05, 4.69) is 21.2 Å². The van der Waals surface area contributed by atoms with Gasteiger partial charge in [-0.15, -0.1) is 0 Å². The van der Waals surface area contributed by atoms with Crippen molar-refractivity contribution in [3.8, 4) is 17.6 Å². The largest absolute Gasteiger partial charge is 0.454 e. The molecule has 0 aliphatic carbocycles. The van der Waals surface area contributed by atoms with Crippen molar-refractivity contribution in [3.05, 3.63) is 58.1 Å². The van der Waals surface area contributed by atoms with E-state index in [-0.39, 0.29) is 12.4 Å². The van der Waals surface area contributed by atoms with Gasteiger partial charge in [-0.1, -0.05) is 28.1 Å². The molecule has 0 unspecified atom stereocenters. The first-order valence-corrected chi connectivity index (χ1v) is 8.58. The van der Waals surface area contributed by atoms with Crippen LogP contribution in [0.4, 0.5) is 5.69 Å². The van der Waals surface area contributed by atoms with Crippen molar-refractivity contribution in [1.82, 2.24) is 0 Å². The Balaban J connectivity index is 1.60. The van der Waals surface area contributed by atoms with Crippen LogP contribution >= 0.6 is 15.9 Å². The Morgan fingerprint density at radius 3 is 2.81 bits per heavy atom. The lowest BCUT2D eigenvalue weighted by Crippen LogP contribution is -2.21. The molecule has 3 rings (SSSR count). The molecular formula is C19H13BrN2O5. The molecule has 2 aromatic carbocycles. The molecule has 0 aromatic heterocycles. The van der Waals surface area contributed by atoms with Gasteiger partial charge in [0.05, 0.1) is 0 Å². The van der Waals surface area contributed by atoms with Gasteiger partial charge in [-0.2, -0.15) is 5.26 Å². The number of nitriles is 1. The number of hydrogen-bond acceptors (Lipinski definition) is 6. The summed E-state index contributed by atoms with van der Waals surface area (Å²) in [5.41, 5.74) is 0.900. The minimum absolute atomic E-state index is 0.128. The molecular weight excluding hydrogens is 416 g/mol. The number of benzene rings is 2. The van der Waals surface area contributed by atoms with Crippen LogP contribution in [0, 0.1) is 11.3 Å². The lowest BCUT2D eigenvalue weighted by Gasteiger charge is -2.06. The van der Waals surface area contributed by atoms with E-state index in [1.54, 1.807) is 42.5 Å². The van der Waals surface area contributed by atoms with Gasteiger partial charge in [0.15, 0.2) is 18.1 Å². The highest BCUT2D eigenvalue weighted by Gasteiger charge is 2.16. The third kappa shape index (κ3) is 4.86. The summed E-state index contributed by atoms with van der Waals surface area (Å²) in [5.74, 6) is -0.276. The summed E-state index contributed by atoms with van der Waals surface area (Å²) in [4.78, 5) is 24.0. The molecule has 7 nitrogen and oxygen atoms in total. The van der Waals surface area contributed by atoms with Crippen LogP contribution in [0.3, 0.4) is 0 Å². The third-order valence-corrected chi connectivity index (χ3v) is 3.98. The van der Waals surface area contributed by atoms with E-state index in [0.29, 0.717) is 22.7 Å². The fourth-order valence-electron chi connectivity index (χ4n) is 2.28. The van der Waals surface area contributed by atoms with Crippen molar-refractivity contribution >= 4 is 39.6 Å².